The highest BCUT2D eigenvalue weighted by Crippen LogP contribution is 2.28. The van der Waals surface area contributed by atoms with Crippen molar-refractivity contribution in [3.05, 3.63) is 12.3 Å². The summed E-state index contributed by atoms with van der Waals surface area (Å²) in [5.74, 6) is -2.85. The quantitative estimate of drug-likeness (QED) is 0.770. The summed E-state index contributed by atoms with van der Waals surface area (Å²) < 4.78 is 7.93. The van der Waals surface area contributed by atoms with Crippen molar-refractivity contribution in [3.63, 3.8) is 0 Å². The molecule has 146 valence electrons. The van der Waals surface area contributed by atoms with Gasteiger partial charge in [0, 0.05) is 18.8 Å². The Balaban J connectivity index is 0.000000352. The van der Waals surface area contributed by atoms with Crippen LogP contribution < -0.4 is 4.74 Å². The standard InChI is InChI=1S/C16H27N3O.C2H2O4/c1-3-7-15(8-4-1)19-12-9-16(17-19)20-14-13-18-10-5-2-6-11-18;3-1(4)2(5)6/h9,12,15H,1-8,10-11,13-14H2;(H,3,4)(H,5,6). The Hall–Kier alpha value is -2.09. The third-order valence-electron chi connectivity index (χ3n) is 4.82. The van der Waals surface area contributed by atoms with Gasteiger partial charge in [-0.1, -0.05) is 25.7 Å². The predicted octanol–water partition coefficient (Wildman–Crippen LogP) is 2.41. The van der Waals surface area contributed by atoms with Crippen LogP contribution in [0.3, 0.4) is 0 Å². The summed E-state index contributed by atoms with van der Waals surface area (Å²) in [5, 5.41) is 19.4. The number of likely N-dealkylation sites (tertiary alicyclic amines) is 1. The van der Waals surface area contributed by atoms with Crippen LogP contribution in [0.1, 0.15) is 57.4 Å². The molecule has 0 radical (unpaired) electrons. The first kappa shape index (κ1) is 20.2. The highest BCUT2D eigenvalue weighted by atomic mass is 16.5. The van der Waals surface area contributed by atoms with Crippen LogP contribution in [-0.4, -0.2) is 63.1 Å². The van der Waals surface area contributed by atoms with Gasteiger partial charge in [0.25, 0.3) is 0 Å². The Morgan fingerprint density at radius 1 is 1.04 bits per heavy atom. The Morgan fingerprint density at radius 2 is 1.65 bits per heavy atom. The van der Waals surface area contributed by atoms with E-state index in [1.165, 1.54) is 64.5 Å². The van der Waals surface area contributed by atoms with Crippen LogP contribution >= 0.6 is 0 Å². The fraction of sp³-hybridized carbons (Fsp3) is 0.722. The van der Waals surface area contributed by atoms with Crippen LogP contribution in [0.15, 0.2) is 12.3 Å². The molecule has 0 amide bonds. The van der Waals surface area contributed by atoms with Crippen molar-refractivity contribution < 1.29 is 24.5 Å². The van der Waals surface area contributed by atoms with Gasteiger partial charge in [0.2, 0.25) is 5.88 Å². The fourth-order valence-electron chi connectivity index (χ4n) is 3.41. The molecule has 2 aliphatic rings. The first-order chi connectivity index (χ1) is 12.6. The number of nitrogens with zero attached hydrogens (tertiary/aromatic N) is 3. The highest BCUT2D eigenvalue weighted by molar-refractivity contribution is 6.27. The number of rotatable bonds is 5. The molecule has 0 aromatic carbocycles. The first-order valence-corrected chi connectivity index (χ1v) is 9.43. The summed E-state index contributed by atoms with van der Waals surface area (Å²) in [7, 11) is 0. The van der Waals surface area contributed by atoms with Gasteiger partial charge in [-0.3, -0.25) is 9.58 Å². The lowest BCUT2D eigenvalue weighted by atomic mass is 9.96. The SMILES string of the molecule is O=C(O)C(=O)O.c1cn(C2CCCCC2)nc1OCCN1CCCCC1. The molecule has 3 rings (SSSR count). The van der Waals surface area contributed by atoms with Crippen molar-refractivity contribution in [2.24, 2.45) is 0 Å². The number of carbonyl (C=O) groups is 2. The zero-order valence-electron chi connectivity index (χ0n) is 15.2. The monoisotopic (exact) mass is 367 g/mol. The minimum absolute atomic E-state index is 0.600. The molecule has 0 bridgehead atoms. The second-order valence-electron chi connectivity index (χ2n) is 6.79. The van der Waals surface area contributed by atoms with Crippen molar-refractivity contribution in [1.29, 1.82) is 0 Å². The Labute approximate surface area is 153 Å². The molecule has 0 unspecified atom stereocenters. The first-order valence-electron chi connectivity index (χ1n) is 9.43. The highest BCUT2D eigenvalue weighted by Gasteiger charge is 2.16. The third kappa shape index (κ3) is 7.03. The summed E-state index contributed by atoms with van der Waals surface area (Å²) in [6.45, 7) is 4.28. The maximum atomic E-state index is 9.10. The summed E-state index contributed by atoms with van der Waals surface area (Å²) in [6.07, 6.45) is 12.8. The Morgan fingerprint density at radius 3 is 2.27 bits per heavy atom. The molecule has 2 heterocycles. The van der Waals surface area contributed by atoms with E-state index in [-0.39, 0.29) is 0 Å². The molecule has 1 aromatic heterocycles. The van der Waals surface area contributed by atoms with Gasteiger partial charge in [0.15, 0.2) is 0 Å². The maximum absolute atomic E-state index is 9.10. The van der Waals surface area contributed by atoms with Gasteiger partial charge in [-0.15, -0.1) is 5.10 Å². The van der Waals surface area contributed by atoms with E-state index in [4.69, 9.17) is 24.5 Å². The zero-order chi connectivity index (χ0) is 18.8. The molecular weight excluding hydrogens is 338 g/mol. The Bertz CT molecular complexity index is 551. The van der Waals surface area contributed by atoms with Crippen molar-refractivity contribution >= 4 is 11.9 Å². The van der Waals surface area contributed by atoms with E-state index in [9.17, 15) is 0 Å². The second-order valence-corrected chi connectivity index (χ2v) is 6.79. The van der Waals surface area contributed by atoms with E-state index in [2.05, 4.69) is 20.9 Å². The molecular formula is C18H29N3O5. The maximum Gasteiger partial charge on any atom is 0.414 e. The van der Waals surface area contributed by atoms with E-state index in [0.717, 1.165) is 19.0 Å². The number of hydrogen-bond acceptors (Lipinski definition) is 5. The number of carboxylic acid groups (broad SMARTS) is 2. The molecule has 1 aromatic rings. The second kappa shape index (κ2) is 10.8. The number of aromatic nitrogens is 2. The van der Waals surface area contributed by atoms with Crippen LogP contribution in [0.5, 0.6) is 5.88 Å². The van der Waals surface area contributed by atoms with Crippen molar-refractivity contribution in [3.8, 4) is 5.88 Å². The molecule has 0 atom stereocenters. The molecule has 0 spiro atoms. The van der Waals surface area contributed by atoms with Crippen LogP contribution in [0.4, 0.5) is 0 Å². The van der Waals surface area contributed by atoms with E-state index >= 15 is 0 Å². The van der Waals surface area contributed by atoms with E-state index < -0.39 is 11.9 Å². The summed E-state index contributed by atoms with van der Waals surface area (Å²) in [5.41, 5.74) is 0. The number of ether oxygens (including phenoxy) is 1. The predicted molar refractivity (Wildman–Crippen MR) is 95.4 cm³/mol. The molecule has 1 saturated heterocycles. The van der Waals surface area contributed by atoms with Crippen molar-refractivity contribution in [2.75, 3.05) is 26.2 Å². The van der Waals surface area contributed by atoms with Gasteiger partial charge < -0.3 is 14.9 Å². The minimum Gasteiger partial charge on any atom is -0.475 e. The molecule has 8 heteroatoms. The number of carboxylic acids is 2. The Kier molecular flexibility index (Phi) is 8.40. The van der Waals surface area contributed by atoms with Gasteiger partial charge in [0.05, 0.1) is 6.04 Å². The largest absolute Gasteiger partial charge is 0.475 e. The number of hydrogen-bond donors (Lipinski definition) is 2. The van der Waals surface area contributed by atoms with Crippen LogP contribution in [0.25, 0.3) is 0 Å². The topological polar surface area (TPSA) is 105 Å². The molecule has 2 fully saturated rings. The van der Waals surface area contributed by atoms with Crippen molar-refractivity contribution in [1.82, 2.24) is 14.7 Å². The van der Waals surface area contributed by atoms with E-state index in [1.807, 2.05) is 6.07 Å². The summed E-state index contributed by atoms with van der Waals surface area (Å²) in [4.78, 5) is 20.7. The summed E-state index contributed by atoms with van der Waals surface area (Å²) >= 11 is 0. The molecule has 2 N–H and O–H groups in total. The smallest absolute Gasteiger partial charge is 0.414 e. The van der Waals surface area contributed by atoms with Gasteiger partial charge in [-0.2, -0.15) is 0 Å². The normalized spacial score (nSPS) is 18.6. The lowest BCUT2D eigenvalue weighted by Crippen LogP contribution is -2.33. The van der Waals surface area contributed by atoms with Gasteiger partial charge in [-0.05, 0) is 38.8 Å². The molecule has 26 heavy (non-hydrogen) atoms. The van der Waals surface area contributed by atoms with Gasteiger partial charge in [-0.25, -0.2) is 9.59 Å². The van der Waals surface area contributed by atoms with Crippen molar-refractivity contribution in [2.45, 2.75) is 57.4 Å². The lowest BCUT2D eigenvalue weighted by molar-refractivity contribution is -0.159. The van der Waals surface area contributed by atoms with E-state index in [0.29, 0.717) is 6.04 Å². The van der Waals surface area contributed by atoms with Gasteiger partial charge >= 0.3 is 11.9 Å². The van der Waals surface area contributed by atoms with E-state index in [1.54, 1.807) is 0 Å². The average molecular weight is 367 g/mol. The molecule has 1 aliphatic heterocycles. The third-order valence-corrected chi connectivity index (χ3v) is 4.82. The van der Waals surface area contributed by atoms with Crippen LogP contribution in [0.2, 0.25) is 0 Å². The molecule has 1 aliphatic carbocycles. The van der Waals surface area contributed by atoms with Crippen LogP contribution in [0, 0.1) is 0 Å². The fourth-order valence-corrected chi connectivity index (χ4v) is 3.41. The molecule has 1 saturated carbocycles. The zero-order valence-corrected chi connectivity index (χ0v) is 15.2. The van der Waals surface area contributed by atoms with Gasteiger partial charge in [0.1, 0.15) is 6.61 Å². The minimum atomic E-state index is -1.82. The lowest BCUT2D eigenvalue weighted by Gasteiger charge is -2.25. The average Bonchev–Trinajstić information content (AvgIpc) is 3.13. The van der Waals surface area contributed by atoms with Crippen LogP contribution in [-0.2, 0) is 9.59 Å². The number of aliphatic carboxylic acids is 2. The summed E-state index contributed by atoms with van der Waals surface area (Å²) in [6, 6.07) is 2.62. The molecule has 8 nitrogen and oxygen atoms in total. The number of piperidine rings is 1.